The summed E-state index contributed by atoms with van der Waals surface area (Å²) in [7, 11) is 0. The molecule has 0 aliphatic carbocycles. The molecule has 1 heterocycles. The Labute approximate surface area is 74.2 Å². The summed E-state index contributed by atoms with van der Waals surface area (Å²) in [5, 5.41) is 0. The van der Waals surface area contributed by atoms with Gasteiger partial charge in [0.05, 0.1) is 12.0 Å². The first-order chi connectivity index (χ1) is 3.93. The third-order valence-corrected chi connectivity index (χ3v) is 0.955. The van der Waals surface area contributed by atoms with Crippen molar-refractivity contribution in [1.29, 1.82) is 0 Å². The maximum atomic E-state index is 5.27. The number of nitrogens with two attached hydrogens (primary N) is 1. The molecule has 1 rings (SSSR count). The zero-order valence-corrected chi connectivity index (χ0v) is 10.8. The van der Waals surface area contributed by atoms with Gasteiger partial charge < -0.3 is 10.7 Å². The third-order valence-electron chi connectivity index (χ3n) is 0.955. The summed E-state index contributed by atoms with van der Waals surface area (Å²) in [5.41, 5.74) is 6.30. The Kier molecular flexibility index (Phi) is 4.97. The molecule has 0 aliphatic rings. The zero-order valence-electron chi connectivity index (χ0n) is 5.30. The van der Waals surface area contributed by atoms with E-state index in [9.17, 15) is 0 Å². The zero-order chi connectivity index (χ0) is 5.82. The molecule has 0 fully saturated rings. The van der Waals surface area contributed by atoms with Crippen LogP contribution < -0.4 is 5.73 Å². The molecular formula is C5H11N3Pb. The first kappa shape index (κ1) is 9.09. The van der Waals surface area contributed by atoms with E-state index in [1.165, 1.54) is 0 Å². The minimum atomic E-state index is 0. The molecule has 0 atom stereocenters. The van der Waals surface area contributed by atoms with Gasteiger partial charge in [0, 0.05) is 12.6 Å². The minimum absolute atomic E-state index is 0. The van der Waals surface area contributed by atoms with Crippen LogP contribution in [0.3, 0.4) is 0 Å². The van der Waals surface area contributed by atoms with Gasteiger partial charge in [0.15, 0.2) is 0 Å². The Bertz CT molecular complexity index is 138. The van der Waals surface area contributed by atoms with E-state index in [1.807, 2.05) is 6.20 Å². The van der Waals surface area contributed by atoms with E-state index < -0.39 is 0 Å². The monoisotopic (exact) mass is 321 g/mol. The van der Waals surface area contributed by atoms with Gasteiger partial charge in [0.2, 0.25) is 0 Å². The van der Waals surface area contributed by atoms with E-state index >= 15 is 0 Å². The molecule has 0 amide bonds. The molecule has 0 saturated carbocycles. The molecular weight excluding hydrogens is 309 g/mol. The number of hydrogen-bond acceptors (Lipinski definition) is 2. The molecule has 50 valence electrons. The first-order valence-corrected chi connectivity index (χ1v) is 2.61. The summed E-state index contributed by atoms with van der Waals surface area (Å²) in [6.45, 7) is 0.671. The second kappa shape index (κ2) is 4.92. The molecule has 1 aromatic heterocycles. The fourth-order valence-electron chi connectivity index (χ4n) is 0.576. The van der Waals surface area contributed by atoms with Gasteiger partial charge in [-0.05, 0) is 6.54 Å². The van der Waals surface area contributed by atoms with Crippen LogP contribution in [0.15, 0.2) is 12.5 Å². The van der Waals surface area contributed by atoms with Crippen molar-refractivity contribution >= 4 is 27.3 Å². The Morgan fingerprint density at radius 2 is 2.44 bits per heavy atom. The van der Waals surface area contributed by atoms with Crippen molar-refractivity contribution in [2.45, 2.75) is 6.42 Å². The predicted octanol–water partition coefficient (Wildman–Crippen LogP) is -1.01. The number of aromatic amines is 1. The van der Waals surface area contributed by atoms with Gasteiger partial charge >= 0.3 is 27.3 Å². The number of nitrogens with zero attached hydrogens (tertiary/aromatic N) is 1. The van der Waals surface area contributed by atoms with Gasteiger partial charge in [-0.3, -0.25) is 0 Å². The van der Waals surface area contributed by atoms with Crippen LogP contribution >= 0.6 is 0 Å². The van der Waals surface area contributed by atoms with E-state index in [1.54, 1.807) is 6.33 Å². The van der Waals surface area contributed by atoms with Gasteiger partial charge in [0.1, 0.15) is 0 Å². The number of aromatic nitrogens is 2. The first-order valence-electron chi connectivity index (χ1n) is 2.61. The van der Waals surface area contributed by atoms with Crippen LogP contribution in [0.25, 0.3) is 0 Å². The number of hydrogen-bond donors (Lipinski definition) is 2. The topological polar surface area (TPSA) is 54.7 Å². The Balaban J connectivity index is 0.000000640. The molecule has 0 unspecified atom stereocenters. The number of H-pyrrole nitrogens is 1. The van der Waals surface area contributed by atoms with E-state index in [2.05, 4.69) is 9.97 Å². The van der Waals surface area contributed by atoms with Gasteiger partial charge in [-0.1, -0.05) is 0 Å². The second-order valence-electron chi connectivity index (χ2n) is 1.60. The normalized spacial score (nSPS) is 8.56. The SMILES string of the molecule is NCCc1c[nH]cn1.[PbH2]. The molecule has 0 spiro atoms. The molecule has 9 heavy (non-hydrogen) atoms. The van der Waals surface area contributed by atoms with Crippen LogP contribution in [0.4, 0.5) is 0 Å². The summed E-state index contributed by atoms with van der Waals surface area (Å²) in [5.74, 6) is 0. The molecule has 3 nitrogen and oxygen atoms in total. The van der Waals surface area contributed by atoms with Crippen LogP contribution in [-0.2, 0) is 6.42 Å². The summed E-state index contributed by atoms with van der Waals surface area (Å²) in [6.07, 6.45) is 4.38. The number of rotatable bonds is 2. The van der Waals surface area contributed by atoms with Crippen molar-refractivity contribution < 1.29 is 0 Å². The summed E-state index contributed by atoms with van der Waals surface area (Å²) in [4.78, 5) is 6.82. The summed E-state index contributed by atoms with van der Waals surface area (Å²) < 4.78 is 0. The van der Waals surface area contributed by atoms with Crippen LogP contribution in [0.1, 0.15) is 5.69 Å². The van der Waals surface area contributed by atoms with Crippen molar-refractivity contribution in [1.82, 2.24) is 9.97 Å². The number of imidazole rings is 1. The van der Waals surface area contributed by atoms with Crippen molar-refractivity contribution in [2.75, 3.05) is 6.54 Å². The van der Waals surface area contributed by atoms with Crippen molar-refractivity contribution in [3.05, 3.63) is 18.2 Å². The van der Waals surface area contributed by atoms with Crippen LogP contribution in [-0.4, -0.2) is 43.8 Å². The Hall–Kier alpha value is 0.0921. The van der Waals surface area contributed by atoms with E-state index in [-0.39, 0.29) is 27.3 Å². The van der Waals surface area contributed by atoms with Crippen molar-refractivity contribution in [3.63, 3.8) is 0 Å². The van der Waals surface area contributed by atoms with Crippen LogP contribution in [0.2, 0.25) is 0 Å². The van der Waals surface area contributed by atoms with Crippen molar-refractivity contribution in [3.8, 4) is 0 Å². The molecule has 0 saturated heterocycles. The molecule has 0 aromatic carbocycles. The average molecular weight is 320 g/mol. The van der Waals surface area contributed by atoms with E-state index in [4.69, 9.17) is 5.73 Å². The van der Waals surface area contributed by atoms with E-state index in [0.29, 0.717) is 6.54 Å². The van der Waals surface area contributed by atoms with Crippen LogP contribution in [0.5, 0.6) is 0 Å². The Morgan fingerprint density at radius 1 is 1.67 bits per heavy atom. The van der Waals surface area contributed by atoms with Crippen LogP contribution in [0, 0.1) is 0 Å². The third kappa shape index (κ3) is 2.95. The molecule has 3 N–H and O–H groups in total. The predicted molar refractivity (Wildman–Crippen MR) is 39.9 cm³/mol. The van der Waals surface area contributed by atoms with E-state index in [0.717, 1.165) is 12.1 Å². The summed E-state index contributed by atoms with van der Waals surface area (Å²) >= 11 is 0. The maximum absolute atomic E-state index is 5.27. The fraction of sp³-hybridized carbons (Fsp3) is 0.400. The second-order valence-corrected chi connectivity index (χ2v) is 1.60. The molecule has 2 radical (unpaired) electrons. The van der Waals surface area contributed by atoms with Crippen molar-refractivity contribution in [2.24, 2.45) is 5.73 Å². The molecule has 4 heteroatoms. The summed E-state index contributed by atoms with van der Waals surface area (Å²) in [6, 6.07) is 0. The molecule has 1 aromatic rings. The van der Waals surface area contributed by atoms with Gasteiger partial charge in [0.25, 0.3) is 0 Å². The fourth-order valence-corrected chi connectivity index (χ4v) is 0.576. The molecule has 0 aliphatic heterocycles. The van der Waals surface area contributed by atoms with Gasteiger partial charge in [-0.25, -0.2) is 4.98 Å². The quantitative estimate of drug-likeness (QED) is 0.687. The number of nitrogens with one attached hydrogen (secondary N) is 1. The average Bonchev–Trinajstić information content (AvgIpc) is 2.19. The Morgan fingerprint density at radius 3 is 2.89 bits per heavy atom. The van der Waals surface area contributed by atoms with Gasteiger partial charge in [-0.15, -0.1) is 0 Å². The van der Waals surface area contributed by atoms with Gasteiger partial charge in [-0.2, -0.15) is 0 Å². The molecule has 0 bridgehead atoms. The standard InChI is InChI=1S/C5H9N3.Pb.2H/c6-2-1-5-3-7-4-8-5;;;/h3-4H,1-2,6H2,(H,7,8);;;.